The standard InChI is InChI=1S/C16H21BrN4.ClH/c1-16(11-18)6-7-20(12-16)9-13-8-19-21(10-13)15-4-2-14(17)3-5-15;/h2-5,8,10H,6-7,9,11-12,18H2,1H3;1H. The van der Waals surface area contributed by atoms with Gasteiger partial charge in [0.2, 0.25) is 0 Å². The molecule has 120 valence electrons. The maximum Gasteiger partial charge on any atom is 0.0646 e. The molecule has 1 aliphatic heterocycles. The van der Waals surface area contributed by atoms with Crippen LogP contribution in [0.1, 0.15) is 18.9 Å². The lowest BCUT2D eigenvalue weighted by molar-refractivity contribution is 0.274. The Morgan fingerprint density at radius 3 is 2.68 bits per heavy atom. The van der Waals surface area contributed by atoms with Gasteiger partial charge in [0.05, 0.1) is 11.9 Å². The Kier molecular flexibility index (Phi) is 5.66. The summed E-state index contributed by atoms with van der Waals surface area (Å²) in [5.41, 5.74) is 8.48. The van der Waals surface area contributed by atoms with Crippen molar-refractivity contribution in [1.29, 1.82) is 0 Å². The van der Waals surface area contributed by atoms with Gasteiger partial charge in [-0.1, -0.05) is 22.9 Å². The molecule has 1 aromatic heterocycles. The van der Waals surface area contributed by atoms with Gasteiger partial charge >= 0.3 is 0 Å². The molecule has 1 saturated heterocycles. The molecular weight excluding hydrogens is 364 g/mol. The molecule has 1 aliphatic rings. The van der Waals surface area contributed by atoms with Crippen molar-refractivity contribution in [2.75, 3.05) is 19.6 Å². The molecular formula is C16H22BrClN4. The highest BCUT2D eigenvalue weighted by Gasteiger charge is 2.32. The average Bonchev–Trinajstić information content (AvgIpc) is 3.08. The Hall–Kier alpha value is -0.880. The second-order valence-corrected chi connectivity index (χ2v) is 7.16. The largest absolute Gasteiger partial charge is 0.330 e. The fourth-order valence-corrected chi connectivity index (χ4v) is 3.13. The normalized spacial score (nSPS) is 21.8. The summed E-state index contributed by atoms with van der Waals surface area (Å²) in [6.45, 7) is 6.19. The number of aromatic nitrogens is 2. The van der Waals surface area contributed by atoms with Crippen molar-refractivity contribution < 1.29 is 0 Å². The molecule has 22 heavy (non-hydrogen) atoms. The van der Waals surface area contributed by atoms with E-state index in [4.69, 9.17) is 5.73 Å². The zero-order valence-corrected chi connectivity index (χ0v) is 15.1. The summed E-state index contributed by atoms with van der Waals surface area (Å²) in [6, 6.07) is 8.18. The van der Waals surface area contributed by atoms with E-state index < -0.39 is 0 Å². The zero-order chi connectivity index (χ0) is 14.9. The van der Waals surface area contributed by atoms with Crippen molar-refractivity contribution in [3.8, 4) is 5.69 Å². The highest BCUT2D eigenvalue weighted by molar-refractivity contribution is 9.10. The van der Waals surface area contributed by atoms with Crippen molar-refractivity contribution in [1.82, 2.24) is 14.7 Å². The summed E-state index contributed by atoms with van der Waals surface area (Å²) in [5.74, 6) is 0. The Labute approximate surface area is 146 Å². The van der Waals surface area contributed by atoms with Crippen LogP contribution in [0.2, 0.25) is 0 Å². The Morgan fingerprint density at radius 1 is 1.32 bits per heavy atom. The predicted molar refractivity (Wildman–Crippen MR) is 95.6 cm³/mol. The second kappa shape index (κ2) is 7.13. The Balaban J connectivity index is 0.00000176. The van der Waals surface area contributed by atoms with Gasteiger partial charge in [-0.3, -0.25) is 4.90 Å². The van der Waals surface area contributed by atoms with E-state index in [0.717, 1.165) is 36.3 Å². The Bertz CT molecular complexity index is 613. The van der Waals surface area contributed by atoms with Crippen LogP contribution in [0, 0.1) is 5.41 Å². The van der Waals surface area contributed by atoms with E-state index in [0.29, 0.717) is 0 Å². The third-order valence-electron chi connectivity index (χ3n) is 4.26. The van der Waals surface area contributed by atoms with Gasteiger partial charge < -0.3 is 5.73 Å². The first-order chi connectivity index (χ1) is 10.1. The molecule has 2 N–H and O–H groups in total. The highest BCUT2D eigenvalue weighted by Crippen LogP contribution is 2.29. The first-order valence-electron chi connectivity index (χ1n) is 7.30. The van der Waals surface area contributed by atoms with E-state index in [1.54, 1.807) is 0 Å². The average molecular weight is 386 g/mol. The van der Waals surface area contributed by atoms with E-state index in [2.05, 4.69) is 51.2 Å². The molecule has 0 radical (unpaired) electrons. The van der Waals surface area contributed by atoms with Gasteiger partial charge in [0.15, 0.2) is 0 Å². The molecule has 0 aliphatic carbocycles. The molecule has 1 atom stereocenters. The number of benzene rings is 1. The number of hydrogen-bond donors (Lipinski definition) is 1. The first kappa shape index (κ1) is 17.5. The summed E-state index contributed by atoms with van der Waals surface area (Å²) >= 11 is 3.45. The summed E-state index contributed by atoms with van der Waals surface area (Å²) in [7, 11) is 0. The smallest absolute Gasteiger partial charge is 0.0646 e. The van der Waals surface area contributed by atoms with Gasteiger partial charge in [0.25, 0.3) is 0 Å². The second-order valence-electron chi connectivity index (χ2n) is 6.25. The van der Waals surface area contributed by atoms with E-state index in [-0.39, 0.29) is 17.8 Å². The van der Waals surface area contributed by atoms with Crippen molar-refractivity contribution in [2.24, 2.45) is 11.1 Å². The molecule has 0 saturated carbocycles. The van der Waals surface area contributed by atoms with Gasteiger partial charge in [-0.05, 0) is 49.2 Å². The van der Waals surface area contributed by atoms with Gasteiger partial charge in [-0.15, -0.1) is 12.4 Å². The first-order valence-corrected chi connectivity index (χ1v) is 8.09. The van der Waals surface area contributed by atoms with Crippen LogP contribution in [-0.2, 0) is 6.54 Å². The summed E-state index contributed by atoms with van der Waals surface area (Å²) in [4.78, 5) is 2.47. The highest BCUT2D eigenvalue weighted by atomic mass is 79.9. The van der Waals surface area contributed by atoms with Crippen LogP contribution in [-0.4, -0.2) is 34.3 Å². The molecule has 1 fully saturated rings. The molecule has 0 spiro atoms. The van der Waals surface area contributed by atoms with Crippen LogP contribution in [0.15, 0.2) is 41.1 Å². The van der Waals surface area contributed by atoms with Gasteiger partial charge in [0, 0.05) is 29.3 Å². The topological polar surface area (TPSA) is 47.1 Å². The maximum atomic E-state index is 5.87. The quantitative estimate of drug-likeness (QED) is 0.879. The maximum absolute atomic E-state index is 5.87. The van der Waals surface area contributed by atoms with Crippen LogP contribution in [0.25, 0.3) is 5.69 Å². The van der Waals surface area contributed by atoms with E-state index in [1.165, 1.54) is 12.0 Å². The molecule has 0 amide bonds. The molecule has 2 aromatic rings. The molecule has 0 bridgehead atoms. The van der Waals surface area contributed by atoms with Crippen LogP contribution >= 0.6 is 28.3 Å². The summed E-state index contributed by atoms with van der Waals surface area (Å²) in [5, 5.41) is 4.46. The zero-order valence-electron chi connectivity index (χ0n) is 12.7. The lowest BCUT2D eigenvalue weighted by atomic mass is 9.90. The minimum absolute atomic E-state index is 0. The molecule has 4 nitrogen and oxygen atoms in total. The number of nitrogens with zero attached hydrogens (tertiary/aromatic N) is 3. The molecule has 2 heterocycles. The molecule has 1 unspecified atom stereocenters. The van der Waals surface area contributed by atoms with Crippen molar-refractivity contribution >= 4 is 28.3 Å². The van der Waals surface area contributed by atoms with Gasteiger partial charge in [0.1, 0.15) is 0 Å². The van der Waals surface area contributed by atoms with Gasteiger partial charge in [-0.25, -0.2) is 4.68 Å². The SMILES string of the molecule is CC1(CN)CCN(Cc2cnn(-c3ccc(Br)cc3)c2)C1.Cl. The van der Waals surface area contributed by atoms with Crippen molar-refractivity contribution in [3.63, 3.8) is 0 Å². The fraction of sp³-hybridized carbons (Fsp3) is 0.438. The van der Waals surface area contributed by atoms with Crippen molar-refractivity contribution in [2.45, 2.75) is 19.9 Å². The number of nitrogens with two attached hydrogens (primary N) is 1. The lowest BCUT2D eigenvalue weighted by Gasteiger charge is -2.22. The van der Waals surface area contributed by atoms with Crippen LogP contribution in [0.3, 0.4) is 0 Å². The minimum Gasteiger partial charge on any atom is -0.330 e. The van der Waals surface area contributed by atoms with E-state index >= 15 is 0 Å². The predicted octanol–water partition coefficient (Wildman–Crippen LogP) is 3.23. The minimum atomic E-state index is 0. The fourth-order valence-electron chi connectivity index (χ4n) is 2.86. The Morgan fingerprint density at radius 2 is 2.05 bits per heavy atom. The lowest BCUT2D eigenvalue weighted by Crippen LogP contribution is -2.31. The third kappa shape index (κ3) is 3.90. The van der Waals surface area contributed by atoms with Crippen LogP contribution in [0.4, 0.5) is 0 Å². The summed E-state index contributed by atoms with van der Waals surface area (Å²) in [6.07, 6.45) is 5.26. The monoisotopic (exact) mass is 384 g/mol. The number of hydrogen-bond acceptors (Lipinski definition) is 3. The number of likely N-dealkylation sites (tertiary alicyclic amines) is 1. The molecule has 1 aromatic carbocycles. The van der Waals surface area contributed by atoms with Crippen molar-refractivity contribution in [3.05, 3.63) is 46.7 Å². The van der Waals surface area contributed by atoms with Crippen LogP contribution in [0.5, 0.6) is 0 Å². The number of rotatable bonds is 4. The molecule has 3 rings (SSSR count). The molecule has 6 heteroatoms. The van der Waals surface area contributed by atoms with Crippen LogP contribution < -0.4 is 5.73 Å². The third-order valence-corrected chi connectivity index (χ3v) is 4.79. The number of halogens is 2. The van der Waals surface area contributed by atoms with E-state index in [9.17, 15) is 0 Å². The van der Waals surface area contributed by atoms with E-state index in [1.807, 2.05) is 23.0 Å². The van der Waals surface area contributed by atoms with Gasteiger partial charge in [-0.2, -0.15) is 5.10 Å². The summed E-state index contributed by atoms with van der Waals surface area (Å²) < 4.78 is 3.01.